The van der Waals surface area contributed by atoms with Gasteiger partial charge in [0.1, 0.15) is 5.71 Å². The predicted molar refractivity (Wildman–Crippen MR) is 247 cm³/mol. The van der Waals surface area contributed by atoms with Gasteiger partial charge in [-0.05, 0) is 71.4 Å². The van der Waals surface area contributed by atoms with E-state index in [-0.39, 0.29) is 25.5 Å². The van der Waals surface area contributed by atoms with Crippen LogP contribution < -0.4 is 4.40 Å². The molecule has 9 aromatic rings. The fraction of sp³-hybridized carbons (Fsp3) is 0.231. The van der Waals surface area contributed by atoms with Crippen LogP contribution in [0.1, 0.15) is 51.4 Å². The van der Waals surface area contributed by atoms with E-state index in [0.29, 0.717) is 17.3 Å². The zero-order chi connectivity index (χ0) is 41.5. The van der Waals surface area contributed by atoms with Crippen molar-refractivity contribution in [2.45, 2.75) is 70.6 Å². The summed E-state index contributed by atoms with van der Waals surface area (Å²) >= 11 is -1.86. The molecule has 4 aromatic carbocycles. The summed E-state index contributed by atoms with van der Waals surface area (Å²) in [6.45, 7) is 13.3. The Bertz CT molecular complexity index is 2920. The molecule has 0 N–H and O–H groups in total. The van der Waals surface area contributed by atoms with Crippen LogP contribution in [0.3, 0.4) is 0 Å². The van der Waals surface area contributed by atoms with Crippen molar-refractivity contribution in [2.75, 3.05) is 0 Å². The number of para-hydroxylation sites is 2. The maximum absolute atomic E-state index is 5.94. The molecule has 0 bridgehead atoms. The van der Waals surface area contributed by atoms with E-state index in [1.165, 1.54) is 11.1 Å². The number of aromatic nitrogens is 5. The van der Waals surface area contributed by atoms with Crippen LogP contribution >= 0.6 is 0 Å². The Balaban J connectivity index is 0.000000220. The van der Waals surface area contributed by atoms with E-state index < -0.39 is 13.3 Å². The number of rotatable bonds is 7. The molecule has 0 aliphatic heterocycles. The monoisotopic (exact) mass is 1030 g/mol. The summed E-state index contributed by atoms with van der Waals surface area (Å²) in [4.78, 5) is 18.9. The minimum Gasteiger partial charge on any atom is -0.467 e. The number of pyridine rings is 3. The van der Waals surface area contributed by atoms with Crippen LogP contribution in [-0.2, 0) is 31.9 Å². The Morgan fingerprint density at radius 3 is 2.23 bits per heavy atom. The molecule has 0 aliphatic carbocycles. The van der Waals surface area contributed by atoms with E-state index in [2.05, 4.69) is 164 Å². The molecule has 60 heavy (non-hydrogen) atoms. The van der Waals surface area contributed by atoms with Crippen LogP contribution in [0.2, 0.25) is 17.3 Å². The van der Waals surface area contributed by atoms with Crippen molar-refractivity contribution < 1.29 is 24.5 Å². The molecular weight excluding hydrogens is 975 g/mol. The fourth-order valence-electron chi connectivity index (χ4n) is 7.68. The Labute approximate surface area is 370 Å². The quantitative estimate of drug-likeness (QED) is 0.118. The van der Waals surface area contributed by atoms with Crippen LogP contribution in [-0.4, -0.2) is 37.8 Å². The van der Waals surface area contributed by atoms with Crippen molar-refractivity contribution in [1.29, 1.82) is 0 Å². The first kappa shape index (κ1) is 42.9. The summed E-state index contributed by atoms with van der Waals surface area (Å²) < 4.78 is 9.71. The molecule has 0 aliphatic rings. The molecule has 0 amide bonds. The van der Waals surface area contributed by atoms with Gasteiger partial charge in [-0.1, -0.05) is 74.9 Å². The van der Waals surface area contributed by atoms with Gasteiger partial charge in [-0.3, -0.25) is 4.98 Å². The van der Waals surface area contributed by atoms with Crippen LogP contribution in [0, 0.1) is 25.1 Å². The average molecular weight is 1030 g/mol. The number of furan rings is 1. The van der Waals surface area contributed by atoms with E-state index in [1.54, 1.807) is 4.40 Å². The SMILES string of the molecule is CC(C)Cc1cc(-c2[c-]cccc2)nc[c]1[Ge]([CH3])([CH3])[CH3].Cc1ccc2c(n1)oc1n[c-]c(-c3nc4ccccc4n3-c3ccc(C(C)(C)C)cc3-c3ccccc3)cc12.[Ir]. The number of nitrogens with zero attached hydrogens (tertiary/aromatic N) is 5. The first-order valence-electron chi connectivity index (χ1n) is 20.5. The maximum Gasteiger partial charge on any atom is 0.217 e. The van der Waals surface area contributed by atoms with Gasteiger partial charge >= 0.3 is 126 Å². The number of hydrogen-bond donors (Lipinski definition) is 0. The molecule has 0 fully saturated rings. The molecule has 0 saturated carbocycles. The molecule has 0 unspecified atom stereocenters. The van der Waals surface area contributed by atoms with Gasteiger partial charge in [-0.15, -0.1) is 6.07 Å². The van der Waals surface area contributed by atoms with Crippen LogP contribution in [0.15, 0.2) is 132 Å². The summed E-state index contributed by atoms with van der Waals surface area (Å²) in [5.74, 6) is 8.77. The number of fused-ring (bicyclic) bond motifs is 4. The minimum atomic E-state index is -1.86. The van der Waals surface area contributed by atoms with Crippen molar-refractivity contribution in [3.05, 3.63) is 157 Å². The zero-order valence-electron chi connectivity index (χ0n) is 35.9. The molecule has 1 radical (unpaired) electrons. The number of benzene rings is 4. The normalized spacial score (nSPS) is 11.8. The van der Waals surface area contributed by atoms with Gasteiger partial charge in [0.2, 0.25) is 5.71 Å². The van der Waals surface area contributed by atoms with Crippen molar-refractivity contribution in [3.8, 4) is 39.5 Å². The largest absolute Gasteiger partial charge is 0.467 e. The predicted octanol–water partition coefficient (Wildman–Crippen LogP) is 12.7. The van der Waals surface area contributed by atoms with Gasteiger partial charge in [0.25, 0.3) is 0 Å². The summed E-state index contributed by atoms with van der Waals surface area (Å²) in [6.07, 6.45) is 6.49. The van der Waals surface area contributed by atoms with E-state index in [9.17, 15) is 0 Å². The van der Waals surface area contributed by atoms with Crippen LogP contribution in [0.4, 0.5) is 0 Å². The molecule has 0 saturated heterocycles. The Morgan fingerprint density at radius 2 is 1.52 bits per heavy atom. The van der Waals surface area contributed by atoms with Crippen molar-refractivity contribution in [2.24, 2.45) is 5.92 Å². The molecule has 5 aromatic heterocycles. The molecule has 0 spiro atoms. The first-order valence-corrected chi connectivity index (χ1v) is 27.8. The number of aryl methyl sites for hydroxylation is 1. The summed E-state index contributed by atoms with van der Waals surface area (Å²) in [5.41, 5.74) is 13.0. The van der Waals surface area contributed by atoms with Crippen LogP contribution in [0.5, 0.6) is 0 Å². The Hall–Kier alpha value is -5.21. The third-order valence-corrected chi connectivity index (χ3v) is 15.0. The van der Waals surface area contributed by atoms with E-state index in [0.717, 1.165) is 73.4 Å². The van der Waals surface area contributed by atoms with Gasteiger partial charge in [0.05, 0.1) is 16.9 Å². The summed E-state index contributed by atoms with van der Waals surface area (Å²) in [7, 11) is 0. The first-order chi connectivity index (χ1) is 28.2. The van der Waals surface area contributed by atoms with Gasteiger partial charge in [-0.2, -0.15) is 0 Å². The number of hydrogen-bond acceptors (Lipinski definition) is 5. The van der Waals surface area contributed by atoms with Gasteiger partial charge in [-0.25, -0.2) is 4.98 Å². The van der Waals surface area contributed by atoms with Crippen LogP contribution in [0.25, 0.3) is 72.7 Å². The molecule has 305 valence electrons. The fourth-order valence-corrected chi connectivity index (χ4v) is 11.0. The van der Waals surface area contributed by atoms with Gasteiger partial charge in [0, 0.05) is 42.4 Å². The van der Waals surface area contributed by atoms with Gasteiger partial charge < -0.3 is 14.0 Å². The second-order valence-corrected chi connectivity index (χ2v) is 28.4. The Morgan fingerprint density at radius 1 is 0.767 bits per heavy atom. The zero-order valence-corrected chi connectivity index (χ0v) is 40.4. The van der Waals surface area contributed by atoms with E-state index >= 15 is 0 Å². The standard InChI is InChI=1S/C34H27N4O.C18H24GeN.Ir/c1-21-14-16-25-27-18-23(20-35-32(27)39-33(25)36-21)31-37-28-12-8-9-13-30(28)38(31)29-17-15-24(34(2,3)4)19-26(29)22-10-6-5-7-11-22;1-14(2)11-16-12-18(15-9-7-6-8-10-15)20-13-17(16)19(3,4)5;/h5-19H,1-4H3;6-9,12-14H,11H2,1-5H3;/q2*-1;. The second kappa shape index (κ2) is 17.4. The summed E-state index contributed by atoms with van der Waals surface area (Å²) in [6, 6.07) is 45.3. The second-order valence-electron chi connectivity index (χ2n) is 17.9. The third-order valence-electron chi connectivity index (χ3n) is 10.7. The number of imidazole rings is 1. The van der Waals surface area contributed by atoms with Crippen molar-refractivity contribution >= 4 is 50.9 Å². The molecule has 9 rings (SSSR count). The smallest absolute Gasteiger partial charge is 0.217 e. The van der Waals surface area contributed by atoms with Crippen molar-refractivity contribution in [1.82, 2.24) is 24.5 Å². The van der Waals surface area contributed by atoms with E-state index in [1.807, 2.05) is 49.4 Å². The van der Waals surface area contributed by atoms with E-state index in [4.69, 9.17) is 14.4 Å². The molecule has 0 atom stereocenters. The topological polar surface area (TPSA) is 69.6 Å². The van der Waals surface area contributed by atoms with Gasteiger partial charge in [0.15, 0.2) is 0 Å². The average Bonchev–Trinajstić information content (AvgIpc) is 3.78. The van der Waals surface area contributed by atoms with Crippen molar-refractivity contribution in [3.63, 3.8) is 0 Å². The molecule has 8 heteroatoms. The molecular formula is C52H51GeIrN5O-2. The third kappa shape index (κ3) is 8.95. The minimum absolute atomic E-state index is 0. The molecule has 6 nitrogen and oxygen atoms in total. The molecule has 5 heterocycles. The Kier molecular flexibility index (Phi) is 12.4. The summed E-state index contributed by atoms with van der Waals surface area (Å²) in [5, 5.41) is 1.83. The maximum atomic E-state index is 5.94.